The van der Waals surface area contributed by atoms with Crippen molar-refractivity contribution in [3.63, 3.8) is 0 Å². The van der Waals surface area contributed by atoms with Gasteiger partial charge < -0.3 is 5.11 Å². The number of halogens is 1. The van der Waals surface area contributed by atoms with Gasteiger partial charge in [-0.2, -0.15) is 0 Å². The Kier molecular flexibility index (Phi) is 6.93. The number of aliphatic hydroxyl groups is 1. The fourth-order valence-corrected chi connectivity index (χ4v) is 6.74. The number of anilines is 1. The van der Waals surface area contributed by atoms with Crippen LogP contribution in [0.2, 0.25) is 0 Å². The van der Waals surface area contributed by atoms with Crippen LogP contribution < -0.4 is 4.90 Å². The topological polar surface area (TPSA) is 96.3 Å². The highest BCUT2D eigenvalue weighted by molar-refractivity contribution is 8.00. The van der Waals surface area contributed by atoms with Gasteiger partial charge in [-0.1, -0.05) is 65.1 Å². The molecule has 0 spiro atoms. The lowest BCUT2D eigenvalue weighted by Crippen LogP contribution is -2.31. The van der Waals surface area contributed by atoms with Crippen molar-refractivity contribution in [1.29, 1.82) is 0 Å². The Hall–Kier alpha value is -3.41. The minimum absolute atomic E-state index is 0.00341. The summed E-state index contributed by atoms with van der Waals surface area (Å²) in [4.78, 5) is 33.1. The van der Waals surface area contributed by atoms with E-state index in [0.29, 0.717) is 26.2 Å². The molecule has 1 unspecified atom stereocenters. The molecule has 188 valence electrons. The van der Waals surface area contributed by atoms with Crippen LogP contribution in [-0.2, 0) is 10.5 Å². The first-order valence-electron chi connectivity index (χ1n) is 11.3. The van der Waals surface area contributed by atoms with E-state index in [0.717, 1.165) is 16.1 Å². The van der Waals surface area contributed by atoms with Gasteiger partial charge in [0.1, 0.15) is 5.82 Å². The van der Waals surface area contributed by atoms with Crippen LogP contribution in [0.3, 0.4) is 0 Å². The maximum absolute atomic E-state index is 13.7. The normalized spacial score (nSPS) is 15.6. The summed E-state index contributed by atoms with van der Waals surface area (Å²) in [6, 6.07) is 12.8. The Labute approximate surface area is 224 Å². The average molecular weight is 553 g/mol. The number of aliphatic hydroxyl groups excluding tert-OH is 1. The number of benzene rings is 2. The number of amides is 1. The third-order valence-electron chi connectivity index (χ3n) is 5.83. The average Bonchev–Trinajstić information content (AvgIpc) is 3.55. The molecule has 1 aliphatic heterocycles. The van der Waals surface area contributed by atoms with Crippen molar-refractivity contribution in [3.8, 4) is 0 Å². The van der Waals surface area contributed by atoms with Gasteiger partial charge in [-0.3, -0.25) is 14.5 Å². The molecule has 0 radical (unpaired) electrons. The molecule has 1 N–H and O–H groups in total. The Morgan fingerprint density at radius 3 is 2.41 bits per heavy atom. The van der Waals surface area contributed by atoms with E-state index >= 15 is 0 Å². The molecule has 1 amide bonds. The second-order valence-corrected chi connectivity index (χ2v) is 11.9. The Morgan fingerprint density at radius 1 is 1.05 bits per heavy atom. The van der Waals surface area contributed by atoms with Gasteiger partial charge in [0.15, 0.2) is 10.1 Å². The number of thiazole rings is 1. The van der Waals surface area contributed by atoms with Crippen LogP contribution in [0, 0.1) is 26.6 Å². The third-order valence-corrected chi connectivity index (χ3v) is 9.03. The quantitative estimate of drug-likeness (QED) is 0.167. The van der Waals surface area contributed by atoms with Crippen LogP contribution in [0.15, 0.2) is 64.2 Å². The minimum atomic E-state index is -0.870. The van der Waals surface area contributed by atoms with Crippen molar-refractivity contribution >= 4 is 51.3 Å². The first-order valence-corrected chi connectivity index (χ1v) is 13.9. The lowest BCUT2D eigenvalue weighted by Gasteiger charge is -2.24. The van der Waals surface area contributed by atoms with Crippen LogP contribution in [0.4, 0.5) is 9.52 Å². The van der Waals surface area contributed by atoms with E-state index < -0.39 is 23.5 Å². The summed E-state index contributed by atoms with van der Waals surface area (Å²) >= 11 is 3.82. The molecule has 0 bridgehead atoms. The Balaban J connectivity index is 1.50. The second-order valence-electron chi connectivity index (χ2n) is 8.49. The number of ketones is 1. The summed E-state index contributed by atoms with van der Waals surface area (Å²) < 4.78 is 13.8. The number of hydrogen-bond acceptors (Lipinski definition) is 9. The van der Waals surface area contributed by atoms with Crippen LogP contribution in [-0.4, -0.2) is 32.0 Å². The van der Waals surface area contributed by atoms with E-state index in [-0.39, 0.29) is 16.5 Å². The maximum atomic E-state index is 13.7. The molecular formula is C26H21FN4O3S3. The monoisotopic (exact) mass is 552 g/mol. The van der Waals surface area contributed by atoms with Crippen molar-refractivity contribution in [2.45, 2.75) is 36.9 Å². The zero-order chi connectivity index (χ0) is 26.3. The van der Waals surface area contributed by atoms with E-state index in [4.69, 9.17) is 0 Å². The largest absolute Gasteiger partial charge is 0.503 e. The molecule has 0 fully saturated rings. The molecule has 1 atom stereocenters. The van der Waals surface area contributed by atoms with Crippen LogP contribution in [0.5, 0.6) is 0 Å². The van der Waals surface area contributed by atoms with Gasteiger partial charge in [0.05, 0.1) is 27.2 Å². The summed E-state index contributed by atoms with van der Waals surface area (Å²) in [6.07, 6.45) is 0. The molecule has 37 heavy (non-hydrogen) atoms. The van der Waals surface area contributed by atoms with Gasteiger partial charge in [0, 0.05) is 5.75 Å². The molecule has 7 nitrogen and oxygen atoms in total. The molecule has 1 aliphatic rings. The maximum Gasteiger partial charge on any atom is 0.296 e. The van der Waals surface area contributed by atoms with E-state index in [2.05, 4.69) is 15.2 Å². The predicted molar refractivity (Wildman–Crippen MR) is 143 cm³/mol. The van der Waals surface area contributed by atoms with Crippen molar-refractivity contribution in [1.82, 2.24) is 15.2 Å². The Bertz CT molecular complexity index is 1530. The lowest BCUT2D eigenvalue weighted by atomic mass is 9.94. The van der Waals surface area contributed by atoms with E-state index in [1.165, 1.54) is 51.5 Å². The molecule has 0 saturated heterocycles. The van der Waals surface area contributed by atoms with Gasteiger partial charge in [0.25, 0.3) is 5.91 Å². The predicted octanol–water partition coefficient (Wildman–Crippen LogP) is 6.13. The second kappa shape index (κ2) is 10.2. The van der Waals surface area contributed by atoms with Crippen LogP contribution >= 0.6 is 34.4 Å². The van der Waals surface area contributed by atoms with Gasteiger partial charge in [-0.25, -0.2) is 9.37 Å². The summed E-state index contributed by atoms with van der Waals surface area (Å²) in [5, 5.41) is 20.4. The molecule has 5 rings (SSSR count). The number of aromatic nitrogens is 3. The molecule has 2 aromatic heterocycles. The van der Waals surface area contributed by atoms with Crippen molar-refractivity contribution in [2.75, 3.05) is 4.90 Å². The molecular weight excluding hydrogens is 532 g/mol. The minimum Gasteiger partial charge on any atom is -0.503 e. The molecule has 0 aliphatic carbocycles. The van der Waals surface area contributed by atoms with E-state index in [1.807, 2.05) is 31.2 Å². The van der Waals surface area contributed by atoms with Gasteiger partial charge in [-0.05, 0) is 44.0 Å². The van der Waals surface area contributed by atoms with Crippen molar-refractivity contribution in [3.05, 3.63) is 97.9 Å². The van der Waals surface area contributed by atoms with Crippen molar-refractivity contribution < 1.29 is 19.1 Å². The SMILES string of the molecule is Cc1ccc(C2C(C(=O)c3sc(C)nc3C)=C(O)C(=O)N2c2nnc(SCc3ccc(F)cc3)s2)cc1. The zero-order valence-corrected chi connectivity index (χ0v) is 22.5. The smallest absolute Gasteiger partial charge is 0.296 e. The number of hydrogen-bond donors (Lipinski definition) is 1. The number of aryl methyl sites for hydroxylation is 3. The highest BCUT2D eigenvalue weighted by Gasteiger charge is 2.46. The van der Waals surface area contributed by atoms with E-state index in [1.54, 1.807) is 26.0 Å². The fraction of sp³-hybridized carbons (Fsp3) is 0.192. The first kappa shape index (κ1) is 25.2. The standard InChI is InChI=1S/C26H21FN4O3S3/c1-13-4-8-17(9-5-13)20-19(21(32)23-14(2)28-15(3)36-23)22(33)24(34)31(20)25-29-30-26(37-25)35-12-16-6-10-18(27)11-7-16/h4-11,20,33H,12H2,1-3H3. The Morgan fingerprint density at radius 2 is 1.76 bits per heavy atom. The van der Waals surface area contributed by atoms with Crippen molar-refractivity contribution in [2.24, 2.45) is 0 Å². The number of rotatable bonds is 7. The summed E-state index contributed by atoms with van der Waals surface area (Å²) in [7, 11) is 0. The number of nitrogens with zero attached hydrogens (tertiary/aromatic N) is 4. The number of carbonyl (C=O) groups excluding carboxylic acids is 2. The number of carbonyl (C=O) groups is 2. The molecule has 3 heterocycles. The van der Waals surface area contributed by atoms with Crippen LogP contribution in [0.1, 0.15) is 43.1 Å². The fourth-order valence-electron chi connectivity index (χ4n) is 4.05. The van der Waals surface area contributed by atoms with Gasteiger partial charge in [0.2, 0.25) is 10.9 Å². The zero-order valence-electron chi connectivity index (χ0n) is 20.1. The molecule has 11 heteroatoms. The summed E-state index contributed by atoms with van der Waals surface area (Å²) in [6.45, 7) is 5.48. The van der Waals surface area contributed by atoms with Gasteiger partial charge >= 0.3 is 0 Å². The van der Waals surface area contributed by atoms with Gasteiger partial charge in [-0.15, -0.1) is 21.5 Å². The number of thioether (sulfide) groups is 1. The highest BCUT2D eigenvalue weighted by atomic mass is 32.2. The molecule has 4 aromatic rings. The summed E-state index contributed by atoms with van der Waals surface area (Å²) in [5.41, 5.74) is 3.15. The lowest BCUT2D eigenvalue weighted by molar-refractivity contribution is -0.117. The first-order chi connectivity index (χ1) is 17.7. The third kappa shape index (κ3) is 4.94. The highest BCUT2D eigenvalue weighted by Crippen LogP contribution is 2.44. The van der Waals surface area contributed by atoms with E-state index in [9.17, 15) is 19.1 Å². The molecule has 0 saturated carbocycles. The molecule has 2 aromatic carbocycles. The number of Topliss-reactive ketones (excluding diaryl/α,β-unsaturated/α-hetero) is 1. The van der Waals surface area contributed by atoms with Crippen LogP contribution in [0.25, 0.3) is 0 Å². The summed E-state index contributed by atoms with van der Waals surface area (Å²) in [5.74, 6) is -1.50.